The van der Waals surface area contributed by atoms with Crippen molar-refractivity contribution in [2.24, 2.45) is 0 Å². The minimum atomic E-state index is -3.71. The van der Waals surface area contributed by atoms with Crippen LogP contribution in [0.5, 0.6) is 17.2 Å². The largest absolute Gasteiger partial charge is 0.497 e. The molecule has 3 rings (SSSR count). The van der Waals surface area contributed by atoms with Gasteiger partial charge >= 0.3 is 0 Å². The van der Waals surface area contributed by atoms with Crippen LogP contribution < -0.4 is 18.9 Å². The van der Waals surface area contributed by atoms with Crippen LogP contribution in [-0.4, -0.2) is 29.2 Å². The van der Waals surface area contributed by atoms with Gasteiger partial charge in [-0.25, -0.2) is 8.42 Å². The third kappa shape index (κ3) is 3.05. The zero-order chi connectivity index (χ0) is 16.4. The van der Waals surface area contributed by atoms with Crippen LogP contribution in [0.1, 0.15) is 5.56 Å². The van der Waals surface area contributed by atoms with E-state index in [1.165, 1.54) is 20.3 Å². The predicted molar refractivity (Wildman–Crippen MR) is 86.0 cm³/mol. The summed E-state index contributed by atoms with van der Waals surface area (Å²) < 4.78 is 43.4. The van der Waals surface area contributed by atoms with E-state index in [-0.39, 0.29) is 4.90 Å². The zero-order valence-electron chi connectivity index (χ0n) is 12.8. The lowest BCUT2D eigenvalue weighted by Crippen LogP contribution is -2.13. The number of rotatable bonds is 5. The van der Waals surface area contributed by atoms with Crippen molar-refractivity contribution in [1.29, 1.82) is 0 Å². The van der Waals surface area contributed by atoms with E-state index in [1.54, 1.807) is 30.3 Å². The molecule has 1 heterocycles. The molecule has 23 heavy (non-hydrogen) atoms. The molecule has 1 aliphatic rings. The minimum absolute atomic E-state index is 0.194. The van der Waals surface area contributed by atoms with Gasteiger partial charge in [0.2, 0.25) is 0 Å². The van der Waals surface area contributed by atoms with Crippen molar-refractivity contribution in [2.75, 3.05) is 25.5 Å². The second-order valence-electron chi connectivity index (χ2n) is 5.04. The smallest absolute Gasteiger partial charge is 0.262 e. The molecule has 0 spiro atoms. The second-order valence-corrected chi connectivity index (χ2v) is 6.72. The minimum Gasteiger partial charge on any atom is -0.497 e. The van der Waals surface area contributed by atoms with Gasteiger partial charge < -0.3 is 14.2 Å². The van der Waals surface area contributed by atoms with Crippen LogP contribution in [0.15, 0.2) is 41.3 Å². The number of benzene rings is 2. The van der Waals surface area contributed by atoms with E-state index in [2.05, 4.69) is 4.72 Å². The van der Waals surface area contributed by atoms with Gasteiger partial charge in [-0.05, 0) is 35.9 Å². The first-order valence-corrected chi connectivity index (χ1v) is 8.52. The summed E-state index contributed by atoms with van der Waals surface area (Å²) in [6, 6.07) is 9.74. The summed E-state index contributed by atoms with van der Waals surface area (Å²) in [7, 11) is -0.709. The van der Waals surface area contributed by atoms with E-state index in [0.29, 0.717) is 30.2 Å². The second kappa shape index (κ2) is 6.00. The van der Waals surface area contributed by atoms with E-state index in [4.69, 9.17) is 14.2 Å². The summed E-state index contributed by atoms with van der Waals surface area (Å²) in [6.45, 7) is 0.582. The molecule has 0 unspecified atom stereocenters. The summed E-state index contributed by atoms with van der Waals surface area (Å²) >= 11 is 0. The van der Waals surface area contributed by atoms with E-state index < -0.39 is 10.0 Å². The van der Waals surface area contributed by atoms with E-state index in [0.717, 1.165) is 11.3 Å². The van der Waals surface area contributed by atoms with E-state index >= 15 is 0 Å². The van der Waals surface area contributed by atoms with Crippen molar-refractivity contribution in [3.63, 3.8) is 0 Å². The molecule has 1 aliphatic heterocycles. The van der Waals surface area contributed by atoms with Gasteiger partial charge in [-0.15, -0.1) is 0 Å². The topological polar surface area (TPSA) is 73.9 Å². The Morgan fingerprint density at radius 3 is 2.65 bits per heavy atom. The molecule has 6 nitrogen and oxygen atoms in total. The molecule has 0 saturated heterocycles. The molecule has 2 aromatic carbocycles. The first kappa shape index (κ1) is 15.5. The highest BCUT2D eigenvalue weighted by Crippen LogP contribution is 2.32. The fraction of sp³-hybridized carbons (Fsp3) is 0.250. The molecule has 0 fully saturated rings. The number of sulfonamides is 1. The van der Waals surface area contributed by atoms with Crippen LogP contribution in [0.2, 0.25) is 0 Å². The van der Waals surface area contributed by atoms with Crippen molar-refractivity contribution >= 4 is 15.7 Å². The summed E-state index contributed by atoms with van der Waals surface area (Å²) in [4.78, 5) is 0.194. The van der Waals surface area contributed by atoms with Crippen molar-refractivity contribution in [2.45, 2.75) is 11.3 Å². The van der Waals surface area contributed by atoms with Gasteiger partial charge in [-0.1, -0.05) is 0 Å². The molecule has 0 aromatic heterocycles. The predicted octanol–water partition coefficient (Wildman–Crippen LogP) is 2.44. The number of ether oxygens (including phenoxy) is 3. The normalized spacial score (nSPS) is 13.1. The van der Waals surface area contributed by atoms with Crippen molar-refractivity contribution in [3.8, 4) is 17.2 Å². The summed E-state index contributed by atoms with van der Waals surface area (Å²) in [5, 5.41) is 0. The van der Waals surface area contributed by atoms with Crippen LogP contribution >= 0.6 is 0 Å². The highest BCUT2D eigenvalue weighted by molar-refractivity contribution is 7.92. The molecular weight excluding hydrogens is 318 g/mol. The monoisotopic (exact) mass is 335 g/mol. The number of anilines is 1. The standard InChI is InChI=1S/C16H17NO5S/c1-20-12-3-5-14(16(10-12)21-2)17-23(18,19)13-4-6-15-11(9-13)7-8-22-15/h3-6,9-10,17H,7-8H2,1-2H3. The lowest BCUT2D eigenvalue weighted by Gasteiger charge is -2.13. The highest BCUT2D eigenvalue weighted by Gasteiger charge is 2.20. The van der Waals surface area contributed by atoms with Gasteiger partial charge in [0.15, 0.2) is 0 Å². The number of hydrogen-bond donors (Lipinski definition) is 1. The molecule has 0 saturated carbocycles. The third-order valence-electron chi connectivity index (χ3n) is 3.62. The van der Waals surface area contributed by atoms with Gasteiger partial charge in [-0.2, -0.15) is 0 Å². The van der Waals surface area contributed by atoms with Gasteiger partial charge in [0, 0.05) is 12.5 Å². The molecule has 2 aromatic rings. The van der Waals surface area contributed by atoms with Crippen molar-refractivity contribution in [1.82, 2.24) is 0 Å². The Bertz CT molecular complexity index is 832. The summed E-state index contributed by atoms with van der Waals surface area (Å²) in [5.74, 6) is 1.71. The molecule has 0 radical (unpaired) electrons. The van der Waals surface area contributed by atoms with Gasteiger partial charge in [0.05, 0.1) is 31.4 Å². The average molecular weight is 335 g/mol. The fourth-order valence-electron chi connectivity index (χ4n) is 2.42. The van der Waals surface area contributed by atoms with Crippen LogP contribution in [0.3, 0.4) is 0 Å². The van der Waals surface area contributed by atoms with Gasteiger partial charge in [0.25, 0.3) is 10.0 Å². The summed E-state index contributed by atoms with van der Waals surface area (Å²) in [6.07, 6.45) is 0.713. The highest BCUT2D eigenvalue weighted by atomic mass is 32.2. The number of methoxy groups -OCH3 is 2. The Hall–Kier alpha value is -2.41. The maximum absolute atomic E-state index is 12.6. The molecule has 0 aliphatic carbocycles. The summed E-state index contributed by atoms with van der Waals surface area (Å²) in [5.41, 5.74) is 1.25. The van der Waals surface area contributed by atoms with E-state index in [9.17, 15) is 8.42 Å². The van der Waals surface area contributed by atoms with Crippen molar-refractivity contribution < 1.29 is 22.6 Å². The lowest BCUT2D eigenvalue weighted by atomic mass is 10.2. The maximum Gasteiger partial charge on any atom is 0.262 e. The Labute approximate surface area is 135 Å². The third-order valence-corrected chi connectivity index (χ3v) is 4.99. The van der Waals surface area contributed by atoms with Crippen LogP contribution in [-0.2, 0) is 16.4 Å². The molecule has 0 amide bonds. The maximum atomic E-state index is 12.6. The quantitative estimate of drug-likeness (QED) is 0.908. The van der Waals surface area contributed by atoms with E-state index in [1.807, 2.05) is 0 Å². The zero-order valence-corrected chi connectivity index (χ0v) is 13.6. The lowest BCUT2D eigenvalue weighted by molar-refractivity contribution is 0.356. The Kier molecular flexibility index (Phi) is 4.04. The Morgan fingerprint density at radius 1 is 1.09 bits per heavy atom. The van der Waals surface area contributed by atoms with Crippen LogP contribution in [0.4, 0.5) is 5.69 Å². The number of nitrogens with one attached hydrogen (secondary N) is 1. The molecule has 0 bridgehead atoms. The van der Waals surface area contributed by atoms with Crippen LogP contribution in [0, 0.1) is 0 Å². The van der Waals surface area contributed by atoms with Gasteiger partial charge in [0.1, 0.15) is 17.2 Å². The first-order chi connectivity index (χ1) is 11.0. The number of fused-ring (bicyclic) bond motifs is 1. The van der Waals surface area contributed by atoms with Crippen LogP contribution in [0.25, 0.3) is 0 Å². The van der Waals surface area contributed by atoms with Gasteiger partial charge in [-0.3, -0.25) is 4.72 Å². The fourth-order valence-corrected chi connectivity index (χ4v) is 3.54. The average Bonchev–Trinajstić information content (AvgIpc) is 3.02. The molecule has 0 atom stereocenters. The number of hydrogen-bond acceptors (Lipinski definition) is 5. The van der Waals surface area contributed by atoms with Crippen molar-refractivity contribution in [3.05, 3.63) is 42.0 Å². The SMILES string of the molecule is COc1ccc(NS(=O)(=O)c2ccc3c(c2)CCO3)c(OC)c1. The molecular formula is C16H17NO5S. The Morgan fingerprint density at radius 2 is 1.91 bits per heavy atom. The molecule has 122 valence electrons. The first-order valence-electron chi connectivity index (χ1n) is 7.04. The molecule has 1 N–H and O–H groups in total. The molecule has 7 heteroatoms. The Balaban J connectivity index is 1.92.